The molecule has 1 aliphatic heterocycles. The van der Waals surface area contributed by atoms with Gasteiger partial charge in [-0.15, -0.1) is 0 Å². The van der Waals surface area contributed by atoms with Crippen LogP contribution in [0.5, 0.6) is 0 Å². The zero-order valence-corrected chi connectivity index (χ0v) is 10.6. The van der Waals surface area contributed by atoms with E-state index in [2.05, 4.69) is 10.2 Å². The van der Waals surface area contributed by atoms with E-state index in [1.165, 1.54) is 6.07 Å². The summed E-state index contributed by atoms with van der Waals surface area (Å²) in [4.78, 5) is 2.06. The molecule has 1 saturated heterocycles. The van der Waals surface area contributed by atoms with Crippen molar-refractivity contribution < 1.29 is 17.6 Å². The minimum Gasteiger partial charge on any atom is -0.312 e. The van der Waals surface area contributed by atoms with E-state index in [0.717, 1.165) is 31.8 Å². The van der Waals surface area contributed by atoms with E-state index in [4.69, 9.17) is 0 Å². The average Bonchev–Trinajstić information content (AvgIpc) is 2.30. The summed E-state index contributed by atoms with van der Waals surface area (Å²) in [7, 11) is 0. The SMILES string of the molecule is C[C@H]1CN(Cc2ccc(F)c(C(F)(F)F)c2)CCN1. The average molecular weight is 276 g/mol. The largest absolute Gasteiger partial charge is 0.419 e. The quantitative estimate of drug-likeness (QED) is 0.835. The third-order valence-corrected chi connectivity index (χ3v) is 3.20. The molecule has 0 bridgehead atoms. The Morgan fingerprint density at radius 2 is 2.11 bits per heavy atom. The van der Waals surface area contributed by atoms with Crippen LogP contribution in [0.1, 0.15) is 18.1 Å². The number of hydrogen-bond donors (Lipinski definition) is 1. The summed E-state index contributed by atoms with van der Waals surface area (Å²) in [6.07, 6.45) is -4.64. The van der Waals surface area contributed by atoms with Gasteiger partial charge in [-0.25, -0.2) is 4.39 Å². The minimum atomic E-state index is -4.64. The molecule has 1 heterocycles. The van der Waals surface area contributed by atoms with Crippen LogP contribution in [-0.4, -0.2) is 30.6 Å². The van der Waals surface area contributed by atoms with Crippen molar-refractivity contribution >= 4 is 0 Å². The normalized spacial score (nSPS) is 21.6. The molecule has 2 rings (SSSR count). The molecule has 0 saturated carbocycles. The lowest BCUT2D eigenvalue weighted by atomic mass is 10.1. The van der Waals surface area contributed by atoms with Gasteiger partial charge in [0, 0.05) is 32.2 Å². The highest BCUT2D eigenvalue weighted by atomic mass is 19.4. The molecule has 1 N–H and O–H groups in total. The molecule has 0 amide bonds. The van der Waals surface area contributed by atoms with Crippen molar-refractivity contribution in [2.45, 2.75) is 25.7 Å². The van der Waals surface area contributed by atoms with Gasteiger partial charge in [0.2, 0.25) is 0 Å². The second kappa shape index (κ2) is 5.46. The summed E-state index contributed by atoms with van der Waals surface area (Å²) < 4.78 is 51.0. The van der Waals surface area contributed by atoms with Crippen molar-refractivity contribution in [3.05, 3.63) is 35.1 Å². The smallest absolute Gasteiger partial charge is 0.312 e. The molecule has 1 aromatic carbocycles. The molecule has 19 heavy (non-hydrogen) atoms. The van der Waals surface area contributed by atoms with Crippen LogP contribution >= 0.6 is 0 Å². The fourth-order valence-corrected chi connectivity index (χ4v) is 2.30. The van der Waals surface area contributed by atoms with Gasteiger partial charge in [0.15, 0.2) is 0 Å². The summed E-state index contributed by atoms with van der Waals surface area (Å²) in [6, 6.07) is 3.53. The van der Waals surface area contributed by atoms with Crippen LogP contribution in [0.4, 0.5) is 17.6 Å². The fourth-order valence-electron chi connectivity index (χ4n) is 2.30. The van der Waals surface area contributed by atoms with Crippen LogP contribution in [-0.2, 0) is 12.7 Å². The monoisotopic (exact) mass is 276 g/mol. The van der Waals surface area contributed by atoms with Crippen molar-refractivity contribution in [3.63, 3.8) is 0 Å². The Morgan fingerprint density at radius 1 is 1.37 bits per heavy atom. The Balaban J connectivity index is 2.13. The number of nitrogens with zero attached hydrogens (tertiary/aromatic N) is 1. The lowest BCUT2D eigenvalue weighted by Crippen LogP contribution is -2.48. The van der Waals surface area contributed by atoms with Crippen LogP contribution in [0.15, 0.2) is 18.2 Å². The second-order valence-electron chi connectivity index (χ2n) is 4.90. The molecule has 1 atom stereocenters. The Morgan fingerprint density at radius 3 is 2.74 bits per heavy atom. The number of benzene rings is 1. The first-order valence-corrected chi connectivity index (χ1v) is 6.17. The Labute approximate surface area is 109 Å². The van der Waals surface area contributed by atoms with E-state index >= 15 is 0 Å². The molecule has 2 nitrogen and oxygen atoms in total. The van der Waals surface area contributed by atoms with Crippen molar-refractivity contribution in [1.29, 1.82) is 0 Å². The van der Waals surface area contributed by atoms with Gasteiger partial charge in [-0.3, -0.25) is 4.90 Å². The van der Waals surface area contributed by atoms with Gasteiger partial charge in [0.25, 0.3) is 0 Å². The summed E-state index contributed by atoms with van der Waals surface area (Å²) in [5.41, 5.74) is -0.698. The number of hydrogen-bond acceptors (Lipinski definition) is 2. The third kappa shape index (κ3) is 3.67. The summed E-state index contributed by atoms with van der Waals surface area (Å²) in [5, 5.41) is 3.26. The highest BCUT2D eigenvalue weighted by molar-refractivity contribution is 5.27. The first-order valence-electron chi connectivity index (χ1n) is 6.17. The number of alkyl halides is 3. The molecular formula is C13H16F4N2. The third-order valence-electron chi connectivity index (χ3n) is 3.20. The molecule has 0 unspecified atom stereocenters. The molecule has 0 spiro atoms. The van der Waals surface area contributed by atoms with Crippen molar-refractivity contribution in [2.75, 3.05) is 19.6 Å². The predicted octanol–water partition coefficient (Wildman–Crippen LogP) is 2.64. The zero-order valence-electron chi connectivity index (χ0n) is 10.6. The zero-order chi connectivity index (χ0) is 14.0. The number of nitrogens with one attached hydrogen (secondary N) is 1. The van der Waals surface area contributed by atoms with Crippen molar-refractivity contribution in [2.24, 2.45) is 0 Å². The molecule has 6 heteroatoms. The van der Waals surface area contributed by atoms with Crippen LogP contribution in [0.2, 0.25) is 0 Å². The lowest BCUT2D eigenvalue weighted by Gasteiger charge is -2.31. The second-order valence-corrected chi connectivity index (χ2v) is 4.90. The van der Waals surface area contributed by atoms with Gasteiger partial charge in [0.05, 0.1) is 5.56 Å². The number of rotatable bonds is 2. The summed E-state index contributed by atoms with van der Waals surface area (Å²) in [6.45, 7) is 4.81. The van der Waals surface area contributed by atoms with Crippen LogP contribution in [0, 0.1) is 5.82 Å². The van der Waals surface area contributed by atoms with Gasteiger partial charge < -0.3 is 5.32 Å². The molecule has 1 fully saturated rings. The van der Waals surface area contributed by atoms with Gasteiger partial charge in [-0.05, 0) is 24.6 Å². The summed E-state index contributed by atoms with van der Waals surface area (Å²) >= 11 is 0. The molecule has 0 aromatic heterocycles. The predicted molar refractivity (Wildman–Crippen MR) is 64.1 cm³/mol. The van der Waals surface area contributed by atoms with E-state index < -0.39 is 17.6 Å². The highest BCUT2D eigenvalue weighted by Gasteiger charge is 2.34. The number of piperazine rings is 1. The lowest BCUT2D eigenvalue weighted by molar-refractivity contribution is -0.140. The first-order chi connectivity index (χ1) is 8.86. The molecule has 0 aliphatic carbocycles. The maximum Gasteiger partial charge on any atom is 0.419 e. The molecule has 0 radical (unpaired) electrons. The standard InChI is InChI=1S/C13H16F4N2/c1-9-7-19(5-4-18-9)8-10-2-3-12(14)11(6-10)13(15,16)17/h2-3,6,9,18H,4-5,7-8H2,1H3/t9-/m0/s1. The van der Waals surface area contributed by atoms with Gasteiger partial charge in [-0.2, -0.15) is 13.2 Å². The summed E-state index contributed by atoms with van der Waals surface area (Å²) in [5.74, 6) is -1.22. The van der Waals surface area contributed by atoms with E-state index in [0.29, 0.717) is 18.2 Å². The van der Waals surface area contributed by atoms with Crippen molar-refractivity contribution in [3.8, 4) is 0 Å². The molecule has 1 aromatic rings. The maximum atomic E-state index is 13.2. The van der Waals surface area contributed by atoms with Crippen LogP contribution in [0.25, 0.3) is 0 Å². The van der Waals surface area contributed by atoms with Crippen molar-refractivity contribution in [1.82, 2.24) is 10.2 Å². The molecule has 106 valence electrons. The Bertz CT molecular complexity index is 445. The van der Waals surface area contributed by atoms with Gasteiger partial charge in [-0.1, -0.05) is 6.07 Å². The first kappa shape index (κ1) is 14.3. The van der Waals surface area contributed by atoms with E-state index in [-0.39, 0.29) is 0 Å². The van der Waals surface area contributed by atoms with Gasteiger partial charge >= 0.3 is 6.18 Å². The Kier molecular flexibility index (Phi) is 4.10. The Hall–Kier alpha value is -1.14. The van der Waals surface area contributed by atoms with Gasteiger partial charge in [0.1, 0.15) is 5.82 Å². The molecule has 1 aliphatic rings. The minimum absolute atomic E-state index is 0.316. The van der Waals surface area contributed by atoms with Crippen LogP contribution < -0.4 is 5.32 Å². The van der Waals surface area contributed by atoms with E-state index in [1.807, 2.05) is 6.92 Å². The maximum absolute atomic E-state index is 13.2. The number of halogens is 4. The highest BCUT2D eigenvalue weighted by Crippen LogP contribution is 2.32. The van der Waals surface area contributed by atoms with Crippen LogP contribution in [0.3, 0.4) is 0 Å². The van der Waals surface area contributed by atoms with E-state index in [9.17, 15) is 17.6 Å². The molecular weight excluding hydrogens is 260 g/mol. The fraction of sp³-hybridized carbons (Fsp3) is 0.538. The topological polar surface area (TPSA) is 15.3 Å². The van der Waals surface area contributed by atoms with E-state index in [1.54, 1.807) is 0 Å².